The van der Waals surface area contributed by atoms with Gasteiger partial charge >= 0.3 is 0 Å². The number of fused-ring (bicyclic) bond motifs is 2. The van der Waals surface area contributed by atoms with Crippen LogP contribution >= 0.6 is 11.6 Å². The quantitative estimate of drug-likeness (QED) is 0.241. The minimum atomic E-state index is -3.86. The van der Waals surface area contributed by atoms with Crippen molar-refractivity contribution in [3.05, 3.63) is 80.4 Å². The molecule has 4 aromatic rings. The average molecular weight is 685 g/mol. The minimum Gasteiger partial charge on any atom is -0.377 e. The van der Waals surface area contributed by atoms with Gasteiger partial charge in [0, 0.05) is 37.1 Å². The van der Waals surface area contributed by atoms with E-state index in [1.165, 1.54) is 18.5 Å². The molecule has 0 bridgehead atoms. The van der Waals surface area contributed by atoms with Crippen molar-refractivity contribution in [2.75, 3.05) is 29.6 Å². The SMILES string of the molecule is Cc1cc([C@@H](C)Nc2ccc(Cl)nc2C(=O)NS(C)(=O)=O)c2nc(N3C[C@@H]4C(c5cnc(C(F)F)nc5)[C@@H]4C3)n(C3CC3)c(=O)c2c1. The Morgan fingerprint density at radius 3 is 2.38 bits per heavy atom. The molecule has 2 N–H and O–H groups in total. The van der Waals surface area contributed by atoms with Crippen LogP contribution in [0.3, 0.4) is 0 Å². The van der Waals surface area contributed by atoms with Crippen molar-refractivity contribution >= 4 is 50.1 Å². The van der Waals surface area contributed by atoms with Crippen LogP contribution in [0.25, 0.3) is 10.9 Å². The maximum Gasteiger partial charge on any atom is 0.297 e. The third kappa shape index (κ3) is 6.02. The zero-order chi connectivity index (χ0) is 33.4. The number of sulfonamides is 1. The van der Waals surface area contributed by atoms with Gasteiger partial charge in [-0.25, -0.2) is 41.9 Å². The summed E-state index contributed by atoms with van der Waals surface area (Å²) in [6, 6.07) is 6.36. The fourth-order valence-electron chi connectivity index (χ4n) is 6.75. The molecule has 0 spiro atoms. The summed E-state index contributed by atoms with van der Waals surface area (Å²) in [5.74, 6) is -0.117. The van der Waals surface area contributed by atoms with Crippen molar-refractivity contribution in [3.8, 4) is 0 Å². The van der Waals surface area contributed by atoms with Crippen molar-refractivity contribution in [2.45, 2.75) is 51.1 Å². The van der Waals surface area contributed by atoms with Crippen LogP contribution in [-0.4, -0.2) is 58.2 Å². The lowest BCUT2D eigenvalue weighted by atomic mass is 10.0. The predicted molar refractivity (Wildman–Crippen MR) is 172 cm³/mol. The van der Waals surface area contributed by atoms with E-state index in [-0.39, 0.29) is 45.9 Å². The Balaban J connectivity index is 1.22. The molecule has 1 amide bonds. The highest BCUT2D eigenvalue weighted by Gasteiger charge is 2.57. The number of hydrogen-bond acceptors (Lipinski definition) is 10. The molecule has 2 saturated carbocycles. The van der Waals surface area contributed by atoms with Crippen molar-refractivity contribution in [3.63, 3.8) is 0 Å². The number of alkyl halides is 2. The first-order valence-corrected chi connectivity index (χ1v) is 17.4. The number of nitrogens with zero attached hydrogens (tertiary/aromatic N) is 6. The molecule has 3 fully saturated rings. The van der Waals surface area contributed by atoms with Crippen molar-refractivity contribution in [1.82, 2.24) is 29.2 Å². The lowest BCUT2D eigenvalue weighted by Gasteiger charge is -2.26. The zero-order valence-corrected chi connectivity index (χ0v) is 27.2. The molecule has 4 atom stereocenters. The van der Waals surface area contributed by atoms with Gasteiger partial charge in [0.05, 0.1) is 28.9 Å². The summed E-state index contributed by atoms with van der Waals surface area (Å²) in [6.07, 6.45) is 2.91. The van der Waals surface area contributed by atoms with Crippen LogP contribution in [0.4, 0.5) is 20.4 Å². The summed E-state index contributed by atoms with van der Waals surface area (Å²) in [5.41, 5.74) is 2.85. The molecule has 16 heteroatoms. The smallest absolute Gasteiger partial charge is 0.297 e. The van der Waals surface area contributed by atoms with E-state index in [0.717, 1.165) is 30.2 Å². The third-order valence-electron chi connectivity index (χ3n) is 9.01. The van der Waals surface area contributed by atoms with Gasteiger partial charge in [0.2, 0.25) is 16.0 Å². The number of carbonyl (C=O) groups is 1. The summed E-state index contributed by atoms with van der Waals surface area (Å²) < 4.78 is 53.1. The fourth-order valence-corrected chi connectivity index (χ4v) is 7.33. The number of rotatable bonds is 9. The molecule has 4 heterocycles. The van der Waals surface area contributed by atoms with Gasteiger partial charge in [-0.05, 0) is 73.8 Å². The minimum absolute atomic E-state index is 0.0124. The van der Waals surface area contributed by atoms with Gasteiger partial charge in [0.15, 0.2) is 11.5 Å². The largest absolute Gasteiger partial charge is 0.377 e. The van der Waals surface area contributed by atoms with E-state index in [1.54, 1.807) is 10.6 Å². The average Bonchev–Trinajstić information content (AvgIpc) is 3.93. The van der Waals surface area contributed by atoms with Crippen LogP contribution in [0.15, 0.2) is 41.5 Å². The Labute approximate surface area is 273 Å². The first-order chi connectivity index (χ1) is 22.3. The molecular weight excluding hydrogens is 654 g/mol. The van der Waals surface area contributed by atoms with E-state index >= 15 is 0 Å². The number of piperidine rings is 1. The lowest BCUT2D eigenvalue weighted by molar-refractivity contribution is 0.0977. The number of nitrogens with one attached hydrogen (secondary N) is 2. The molecule has 3 aromatic heterocycles. The summed E-state index contributed by atoms with van der Waals surface area (Å²) in [6.45, 7) is 5.05. The zero-order valence-electron chi connectivity index (χ0n) is 25.6. The Bertz CT molecular complexity index is 2080. The molecule has 3 aliphatic rings. The first-order valence-electron chi connectivity index (χ1n) is 15.2. The Hall–Kier alpha value is -4.24. The number of benzene rings is 1. The molecule has 47 heavy (non-hydrogen) atoms. The van der Waals surface area contributed by atoms with Crippen LogP contribution in [0.2, 0.25) is 5.15 Å². The molecule has 12 nitrogen and oxygen atoms in total. The maximum atomic E-state index is 14.1. The second kappa shape index (κ2) is 11.5. The number of aryl methyl sites for hydroxylation is 1. The standard InChI is InChI=1S/C31H31ClF2N8O4S/c1-14-8-18(15(2)37-22-6-7-23(32)38-26(22)29(43)40-47(3,45)46)25-19(9-14)30(44)42(17-4-5-17)31(39-25)41-12-20-21(13-41)24(20)16-10-35-28(27(33)34)36-11-16/h6-11,15,17,20-21,24,27,37H,4-5,12-13H2,1-3H3,(H,40,43)/t15-,20-,21+,24?/m1/s1. The number of halogens is 3. The second-order valence-electron chi connectivity index (χ2n) is 12.6. The van der Waals surface area contributed by atoms with Gasteiger partial charge in [0.1, 0.15) is 5.15 Å². The van der Waals surface area contributed by atoms with Crippen LogP contribution in [0.1, 0.15) is 77.2 Å². The van der Waals surface area contributed by atoms with Gasteiger partial charge in [-0.15, -0.1) is 0 Å². The fraction of sp³-hybridized carbons (Fsp3) is 0.419. The normalized spacial score (nSPS) is 21.2. The molecule has 1 unspecified atom stereocenters. The third-order valence-corrected chi connectivity index (χ3v) is 9.78. The number of amides is 1. The molecule has 246 valence electrons. The van der Waals surface area contributed by atoms with E-state index in [4.69, 9.17) is 16.6 Å². The number of carbonyl (C=O) groups excluding carboxylic acids is 1. The topological polar surface area (TPSA) is 152 Å². The van der Waals surface area contributed by atoms with E-state index in [2.05, 4.69) is 25.2 Å². The maximum absolute atomic E-state index is 14.1. The van der Waals surface area contributed by atoms with Crippen LogP contribution in [0, 0.1) is 18.8 Å². The van der Waals surface area contributed by atoms with E-state index in [1.807, 2.05) is 30.7 Å². The highest BCUT2D eigenvalue weighted by atomic mass is 35.5. The predicted octanol–water partition coefficient (Wildman–Crippen LogP) is 4.53. The molecule has 1 aliphatic heterocycles. The van der Waals surface area contributed by atoms with Crippen molar-refractivity contribution < 1.29 is 22.0 Å². The molecule has 1 aromatic carbocycles. The highest BCUT2D eigenvalue weighted by molar-refractivity contribution is 7.89. The van der Waals surface area contributed by atoms with Gasteiger partial charge in [0.25, 0.3) is 17.9 Å². The Kier molecular flexibility index (Phi) is 7.66. The monoisotopic (exact) mass is 684 g/mol. The van der Waals surface area contributed by atoms with Gasteiger partial charge < -0.3 is 10.2 Å². The van der Waals surface area contributed by atoms with Crippen LogP contribution < -0.4 is 20.5 Å². The number of pyridine rings is 1. The first kappa shape index (κ1) is 31.4. The second-order valence-corrected chi connectivity index (χ2v) is 14.7. The van der Waals surface area contributed by atoms with Crippen molar-refractivity contribution in [1.29, 1.82) is 0 Å². The summed E-state index contributed by atoms with van der Waals surface area (Å²) in [7, 11) is -3.86. The number of anilines is 2. The number of hydrogen-bond donors (Lipinski definition) is 2. The van der Waals surface area contributed by atoms with E-state index < -0.39 is 34.2 Å². The van der Waals surface area contributed by atoms with Gasteiger partial charge in [-0.2, -0.15) is 0 Å². The van der Waals surface area contributed by atoms with E-state index in [0.29, 0.717) is 35.5 Å². The highest BCUT2D eigenvalue weighted by Crippen LogP contribution is 2.58. The Morgan fingerprint density at radius 2 is 1.77 bits per heavy atom. The van der Waals surface area contributed by atoms with Crippen molar-refractivity contribution in [2.24, 2.45) is 11.8 Å². The molecule has 1 saturated heterocycles. The van der Waals surface area contributed by atoms with Gasteiger partial charge in [-0.3, -0.25) is 14.2 Å². The summed E-state index contributed by atoms with van der Waals surface area (Å²) in [5, 5.41) is 3.74. The van der Waals surface area contributed by atoms with E-state index in [9.17, 15) is 26.8 Å². The lowest BCUT2D eigenvalue weighted by Crippen LogP contribution is -2.33. The molecule has 0 radical (unpaired) electrons. The number of aromatic nitrogens is 5. The molecular formula is C31H31ClF2N8O4S. The van der Waals surface area contributed by atoms with Crippen LogP contribution in [-0.2, 0) is 10.0 Å². The summed E-state index contributed by atoms with van der Waals surface area (Å²) in [4.78, 5) is 45.9. The summed E-state index contributed by atoms with van der Waals surface area (Å²) >= 11 is 6.05. The molecule has 2 aliphatic carbocycles. The van der Waals surface area contributed by atoms with Gasteiger partial charge in [-0.1, -0.05) is 17.7 Å². The van der Waals surface area contributed by atoms with Crippen LogP contribution in [0.5, 0.6) is 0 Å². The molecule has 7 rings (SSSR count). The Morgan fingerprint density at radius 1 is 1.09 bits per heavy atom.